The predicted molar refractivity (Wildman–Crippen MR) is 44.8 cm³/mol. The fourth-order valence-corrected chi connectivity index (χ4v) is 0.462. The van der Waals surface area contributed by atoms with E-state index in [0.29, 0.717) is 0 Å². The molecule has 0 radical (unpaired) electrons. The zero-order valence-electron chi connectivity index (χ0n) is 6.07. The van der Waals surface area contributed by atoms with E-state index in [1.165, 1.54) is 0 Å². The minimum Gasteiger partial charge on any atom is -0.434 e. The van der Waals surface area contributed by atoms with E-state index in [2.05, 4.69) is 18.4 Å². The lowest BCUT2D eigenvalue weighted by atomic mass is 10.2. The molecule has 0 saturated carbocycles. The van der Waals surface area contributed by atoms with Crippen LogP contribution >= 0.6 is 0 Å². The monoisotopic (exact) mass is 121 g/mol. The van der Waals surface area contributed by atoms with Gasteiger partial charge in [0.05, 0.1) is 0 Å². The second-order valence-electron chi connectivity index (χ2n) is 1.75. The molecule has 0 aliphatic carbocycles. The SMILES string of the molecule is BNC(=C)C(=C)/C=C\C. The molecule has 0 unspecified atom stereocenters. The predicted octanol–water partition coefficient (Wildman–Crippen LogP) is 0.770. The van der Waals surface area contributed by atoms with E-state index >= 15 is 0 Å². The first-order valence-electron chi connectivity index (χ1n) is 2.91. The summed E-state index contributed by atoms with van der Waals surface area (Å²) < 4.78 is 0. The van der Waals surface area contributed by atoms with Gasteiger partial charge in [-0.3, -0.25) is 0 Å². The molecule has 0 aliphatic rings. The van der Waals surface area contributed by atoms with Crippen molar-refractivity contribution in [2.24, 2.45) is 0 Å². The Labute approximate surface area is 57.6 Å². The molecule has 0 fully saturated rings. The smallest absolute Gasteiger partial charge is 0.213 e. The van der Waals surface area contributed by atoms with Crippen molar-refractivity contribution in [3.8, 4) is 0 Å². The maximum atomic E-state index is 3.77. The van der Waals surface area contributed by atoms with Gasteiger partial charge in [0, 0.05) is 5.70 Å². The zero-order chi connectivity index (χ0) is 7.28. The quantitative estimate of drug-likeness (QED) is 0.429. The van der Waals surface area contributed by atoms with Crippen LogP contribution in [-0.2, 0) is 0 Å². The van der Waals surface area contributed by atoms with Gasteiger partial charge in [-0.1, -0.05) is 25.3 Å². The molecule has 0 aromatic heterocycles. The molecule has 48 valence electrons. The Morgan fingerprint density at radius 2 is 2.11 bits per heavy atom. The molecule has 0 rings (SSSR count). The molecule has 0 atom stereocenters. The third-order valence-corrected chi connectivity index (χ3v) is 1.06. The molecule has 2 heteroatoms. The van der Waals surface area contributed by atoms with Crippen LogP contribution in [0, 0.1) is 0 Å². The van der Waals surface area contributed by atoms with Crippen molar-refractivity contribution in [2.75, 3.05) is 0 Å². The van der Waals surface area contributed by atoms with Gasteiger partial charge in [0.2, 0.25) is 7.98 Å². The molecule has 0 saturated heterocycles. The zero-order valence-corrected chi connectivity index (χ0v) is 6.07. The fraction of sp³-hybridized carbons (Fsp3) is 0.143. The average molecular weight is 121 g/mol. The Morgan fingerprint density at radius 3 is 2.44 bits per heavy atom. The Bertz CT molecular complexity index is 147. The van der Waals surface area contributed by atoms with Crippen molar-refractivity contribution < 1.29 is 0 Å². The summed E-state index contributed by atoms with van der Waals surface area (Å²) in [6.07, 6.45) is 3.85. The van der Waals surface area contributed by atoms with Crippen LogP contribution in [0.2, 0.25) is 0 Å². The normalized spacial score (nSPS) is 9.44. The highest BCUT2D eigenvalue weighted by atomic mass is 14.7. The molecule has 0 aliphatic heterocycles. The second kappa shape index (κ2) is 4.01. The van der Waals surface area contributed by atoms with Crippen molar-refractivity contribution in [2.45, 2.75) is 6.92 Å². The van der Waals surface area contributed by atoms with Gasteiger partial charge < -0.3 is 5.23 Å². The number of allylic oxidation sites excluding steroid dienone is 2. The van der Waals surface area contributed by atoms with Crippen LogP contribution in [0.15, 0.2) is 36.6 Å². The fourth-order valence-electron chi connectivity index (χ4n) is 0.462. The largest absolute Gasteiger partial charge is 0.434 e. The van der Waals surface area contributed by atoms with Crippen molar-refractivity contribution in [3.05, 3.63) is 36.6 Å². The molecule has 0 bridgehead atoms. The van der Waals surface area contributed by atoms with Gasteiger partial charge in [-0.25, -0.2) is 0 Å². The van der Waals surface area contributed by atoms with E-state index < -0.39 is 0 Å². The maximum absolute atomic E-state index is 3.77. The van der Waals surface area contributed by atoms with Crippen molar-refractivity contribution in [1.29, 1.82) is 0 Å². The minimum absolute atomic E-state index is 0.869. The number of rotatable bonds is 3. The molecule has 0 amide bonds. The van der Waals surface area contributed by atoms with Crippen LogP contribution in [0.4, 0.5) is 0 Å². The lowest BCUT2D eigenvalue weighted by Crippen LogP contribution is -2.06. The summed E-state index contributed by atoms with van der Waals surface area (Å²) in [7, 11) is 1.83. The Kier molecular flexibility index (Phi) is 3.61. The van der Waals surface area contributed by atoms with Gasteiger partial charge >= 0.3 is 0 Å². The number of hydrogen-bond donors (Lipinski definition) is 1. The lowest BCUT2D eigenvalue weighted by molar-refractivity contribution is 1.24. The molecule has 0 aromatic rings. The van der Waals surface area contributed by atoms with Gasteiger partial charge in [-0.2, -0.15) is 0 Å². The van der Waals surface area contributed by atoms with Gasteiger partial charge in [0.15, 0.2) is 0 Å². The molecule has 0 aromatic carbocycles. The maximum Gasteiger partial charge on any atom is 0.213 e. The first-order valence-corrected chi connectivity index (χ1v) is 2.91. The average Bonchev–Trinajstić information content (AvgIpc) is 1.87. The summed E-state index contributed by atoms with van der Waals surface area (Å²) in [6, 6.07) is 0. The molecule has 0 heterocycles. The molecule has 0 spiro atoms. The summed E-state index contributed by atoms with van der Waals surface area (Å²) >= 11 is 0. The highest BCUT2D eigenvalue weighted by Crippen LogP contribution is 2.00. The summed E-state index contributed by atoms with van der Waals surface area (Å²) in [4.78, 5) is 0. The third kappa shape index (κ3) is 2.80. The second-order valence-corrected chi connectivity index (χ2v) is 1.75. The molecule has 9 heavy (non-hydrogen) atoms. The molecule has 1 nitrogen and oxygen atoms in total. The molecule has 1 N–H and O–H groups in total. The summed E-state index contributed by atoms with van der Waals surface area (Å²) in [5.74, 6) is 0. The van der Waals surface area contributed by atoms with Crippen LogP contribution < -0.4 is 5.23 Å². The Hall–Kier alpha value is -0.915. The standard InChI is InChI=1S/C7H12BN/c1-4-5-6(2)7(3)9-8/h4-5,9H,2-3,8H2,1H3/b5-4-. The van der Waals surface area contributed by atoms with Gasteiger partial charge in [0.1, 0.15) is 0 Å². The first-order chi connectivity index (χ1) is 4.22. The van der Waals surface area contributed by atoms with Crippen LogP contribution in [0.1, 0.15) is 6.92 Å². The van der Waals surface area contributed by atoms with Crippen LogP contribution in [0.5, 0.6) is 0 Å². The third-order valence-electron chi connectivity index (χ3n) is 1.06. The van der Waals surface area contributed by atoms with E-state index in [0.717, 1.165) is 11.3 Å². The number of hydrogen-bond acceptors (Lipinski definition) is 1. The van der Waals surface area contributed by atoms with Gasteiger partial charge in [0.25, 0.3) is 0 Å². The van der Waals surface area contributed by atoms with Crippen LogP contribution in [0.25, 0.3) is 0 Å². The van der Waals surface area contributed by atoms with E-state index in [-0.39, 0.29) is 0 Å². The minimum atomic E-state index is 0.869. The van der Waals surface area contributed by atoms with Crippen molar-refractivity contribution in [3.63, 3.8) is 0 Å². The summed E-state index contributed by atoms with van der Waals surface area (Å²) in [5, 5.41) is 2.90. The highest BCUT2D eigenvalue weighted by Gasteiger charge is 1.87. The van der Waals surface area contributed by atoms with Crippen LogP contribution in [0.3, 0.4) is 0 Å². The van der Waals surface area contributed by atoms with E-state index in [4.69, 9.17) is 0 Å². The summed E-state index contributed by atoms with van der Waals surface area (Å²) in [6.45, 7) is 9.45. The van der Waals surface area contributed by atoms with Crippen LogP contribution in [-0.4, -0.2) is 7.98 Å². The van der Waals surface area contributed by atoms with Crippen molar-refractivity contribution in [1.82, 2.24) is 5.23 Å². The van der Waals surface area contributed by atoms with Crippen molar-refractivity contribution >= 4 is 7.98 Å². The van der Waals surface area contributed by atoms with E-state index in [1.807, 2.05) is 27.1 Å². The van der Waals surface area contributed by atoms with Gasteiger partial charge in [-0.15, -0.1) is 0 Å². The Morgan fingerprint density at radius 1 is 1.56 bits per heavy atom. The van der Waals surface area contributed by atoms with E-state index in [9.17, 15) is 0 Å². The summed E-state index contributed by atoms with van der Waals surface area (Å²) in [5.41, 5.74) is 1.80. The lowest BCUT2D eigenvalue weighted by Gasteiger charge is -2.01. The first kappa shape index (κ1) is 8.08. The highest BCUT2D eigenvalue weighted by molar-refractivity contribution is 6.05. The molecular formula is C7H12BN. The van der Waals surface area contributed by atoms with E-state index in [1.54, 1.807) is 0 Å². The Balaban J connectivity index is 3.89. The number of nitrogens with one attached hydrogen (secondary N) is 1. The van der Waals surface area contributed by atoms with Gasteiger partial charge in [-0.05, 0) is 12.5 Å². The topological polar surface area (TPSA) is 12.0 Å². The molecular weight excluding hydrogens is 109 g/mol.